The van der Waals surface area contributed by atoms with E-state index in [9.17, 15) is 13.2 Å². The van der Waals surface area contributed by atoms with Gasteiger partial charge in [0.25, 0.3) is 0 Å². The second kappa shape index (κ2) is 5.61. The van der Waals surface area contributed by atoms with Crippen LogP contribution in [0.3, 0.4) is 0 Å². The minimum atomic E-state index is -4.54. The van der Waals surface area contributed by atoms with Crippen LogP contribution in [0.25, 0.3) is 0 Å². The summed E-state index contributed by atoms with van der Waals surface area (Å²) in [5.74, 6) is 0. The van der Waals surface area contributed by atoms with E-state index in [1.807, 2.05) is 18.1 Å². The molecule has 3 rings (SSSR count). The Kier molecular flexibility index (Phi) is 3.76. The van der Waals surface area contributed by atoms with Crippen LogP contribution < -0.4 is 4.90 Å². The molecule has 0 radical (unpaired) electrons. The van der Waals surface area contributed by atoms with Gasteiger partial charge >= 0.3 is 6.18 Å². The lowest BCUT2D eigenvalue weighted by atomic mass is 10.0. The molecular weight excluding hydrogens is 305 g/mol. The Morgan fingerprint density at radius 1 is 1.35 bits per heavy atom. The molecule has 0 unspecified atom stereocenters. The van der Waals surface area contributed by atoms with Gasteiger partial charge in [-0.15, -0.1) is 0 Å². The van der Waals surface area contributed by atoms with Crippen LogP contribution in [-0.2, 0) is 13.2 Å². The molecule has 1 aromatic carbocycles. The van der Waals surface area contributed by atoms with Gasteiger partial charge in [-0.25, -0.2) is 0 Å². The van der Waals surface area contributed by atoms with Gasteiger partial charge < -0.3 is 4.90 Å². The van der Waals surface area contributed by atoms with E-state index in [4.69, 9.17) is 5.26 Å². The molecule has 4 nitrogen and oxygen atoms in total. The van der Waals surface area contributed by atoms with E-state index in [1.54, 1.807) is 23.0 Å². The molecule has 1 aliphatic rings. The maximum absolute atomic E-state index is 13.1. The molecule has 0 amide bonds. The predicted molar refractivity (Wildman–Crippen MR) is 78.7 cm³/mol. The van der Waals surface area contributed by atoms with E-state index in [0.717, 1.165) is 24.5 Å². The van der Waals surface area contributed by atoms with Crippen molar-refractivity contribution in [1.29, 1.82) is 5.26 Å². The summed E-state index contributed by atoms with van der Waals surface area (Å²) in [5, 5.41) is 13.0. The minimum absolute atomic E-state index is 0.0118. The molecule has 0 spiro atoms. The fourth-order valence-corrected chi connectivity index (χ4v) is 3.08. The Morgan fingerprint density at radius 2 is 2.13 bits per heavy atom. The quantitative estimate of drug-likeness (QED) is 0.848. The first-order valence-electron chi connectivity index (χ1n) is 7.26. The number of hydrogen-bond donors (Lipinski definition) is 0. The predicted octanol–water partition coefficient (Wildman–Crippen LogP) is 3.65. The minimum Gasteiger partial charge on any atom is -0.364 e. The van der Waals surface area contributed by atoms with Crippen LogP contribution in [0.5, 0.6) is 0 Å². The highest BCUT2D eigenvalue weighted by atomic mass is 19.4. The summed E-state index contributed by atoms with van der Waals surface area (Å²) < 4.78 is 41.1. The van der Waals surface area contributed by atoms with Gasteiger partial charge in [-0.3, -0.25) is 4.68 Å². The monoisotopic (exact) mass is 320 g/mol. The summed E-state index contributed by atoms with van der Waals surface area (Å²) in [5.41, 5.74) is 0.248. The Bertz CT molecular complexity index is 757. The Labute approximate surface area is 131 Å². The number of anilines is 1. The van der Waals surface area contributed by atoms with Crippen molar-refractivity contribution < 1.29 is 13.2 Å². The van der Waals surface area contributed by atoms with Gasteiger partial charge in [0.1, 0.15) is 0 Å². The van der Waals surface area contributed by atoms with E-state index in [0.29, 0.717) is 12.2 Å². The highest BCUT2D eigenvalue weighted by Crippen LogP contribution is 2.39. The van der Waals surface area contributed by atoms with Crippen molar-refractivity contribution in [3.63, 3.8) is 0 Å². The zero-order valence-electron chi connectivity index (χ0n) is 12.5. The molecule has 23 heavy (non-hydrogen) atoms. The maximum atomic E-state index is 13.1. The molecule has 1 aromatic heterocycles. The standard InChI is InChI=1S/C16H15F3N4/c1-22-10-12(9-21-22)15-3-2-6-23(15)13-5-4-11(8-20)14(7-13)16(17,18)19/h4-5,7,9-10,15H,2-3,6H2,1H3/t15-/m0/s1. The number of nitrogens with zero attached hydrogens (tertiary/aromatic N) is 4. The maximum Gasteiger partial charge on any atom is 0.417 e. The molecule has 2 aromatic rings. The molecule has 0 aliphatic carbocycles. The van der Waals surface area contributed by atoms with Gasteiger partial charge in [0.2, 0.25) is 0 Å². The first-order valence-corrected chi connectivity index (χ1v) is 7.26. The number of hydrogen-bond acceptors (Lipinski definition) is 3. The second-order valence-corrected chi connectivity index (χ2v) is 5.64. The highest BCUT2D eigenvalue weighted by molar-refractivity contribution is 5.56. The van der Waals surface area contributed by atoms with Crippen LogP contribution >= 0.6 is 0 Å². The highest BCUT2D eigenvalue weighted by Gasteiger charge is 2.35. The van der Waals surface area contributed by atoms with Crippen molar-refractivity contribution in [2.75, 3.05) is 11.4 Å². The molecule has 1 aliphatic heterocycles. The average Bonchev–Trinajstić information content (AvgIpc) is 3.14. The van der Waals surface area contributed by atoms with Gasteiger partial charge in [0.05, 0.1) is 29.4 Å². The van der Waals surface area contributed by atoms with Crippen molar-refractivity contribution >= 4 is 5.69 Å². The molecular formula is C16H15F3N4. The van der Waals surface area contributed by atoms with Crippen LogP contribution in [0.1, 0.15) is 35.6 Å². The fraction of sp³-hybridized carbons (Fsp3) is 0.375. The van der Waals surface area contributed by atoms with Gasteiger partial charge in [-0.2, -0.15) is 23.5 Å². The Morgan fingerprint density at radius 3 is 2.74 bits per heavy atom. The van der Waals surface area contributed by atoms with Crippen LogP contribution in [-0.4, -0.2) is 16.3 Å². The molecule has 1 fully saturated rings. The molecule has 120 valence electrons. The van der Waals surface area contributed by atoms with E-state index in [1.165, 1.54) is 6.07 Å². The molecule has 0 N–H and O–H groups in total. The van der Waals surface area contributed by atoms with Gasteiger partial charge in [0.15, 0.2) is 0 Å². The van der Waals surface area contributed by atoms with E-state index in [2.05, 4.69) is 5.10 Å². The number of nitriles is 1. The van der Waals surface area contributed by atoms with Crippen molar-refractivity contribution in [2.24, 2.45) is 7.05 Å². The second-order valence-electron chi connectivity index (χ2n) is 5.64. The number of aromatic nitrogens is 2. The number of rotatable bonds is 2. The zero-order chi connectivity index (χ0) is 16.6. The first-order chi connectivity index (χ1) is 10.9. The molecule has 1 saturated heterocycles. The molecule has 0 saturated carbocycles. The van der Waals surface area contributed by atoms with Crippen molar-refractivity contribution in [1.82, 2.24) is 9.78 Å². The third-order valence-corrected chi connectivity index (χ3v) is 4.12. The summed E-state index contributed by atoms with van der Waals surface area (Å²) >= 11 is 0. The van der Waals surface area contributed by atoms with E-state index in [-0.39, 0.29) is 11.6 Å². The van der Waals surface area contributed by atoms with Gasteiger partial charge in [-0.05, 0) is 31.0 Å². The molecule has 7 heteroatoms. The number of aryl methyl sites for hydroxylation is 1. The zero-order valence-corrected chi connectivity index (χ0v) is 12.5. The normalized spacial score (nSPS) is 18.2. The topological polar surface area (TPSA) is 44.9 Å². The van der Waals surface area contributed by atoms with Crippen LogP contribution in [0, 0.1) is 11.3 Å². The van der Waals surface area contributed by atoms with Crippen LogP contribution in [0.15, 0.2) is 30.6 Å². The number of alkyl halides is 3. The molecule has 1 atom stereocenters. The summed E-state index contributed by atoms with van der Waals surface area (Å²) in [6.45, 7) is 0.683. The van der Waals surface area contributed by atoms with Crippen molar-refractivity contribution in [3.8, 4) is 6.07 Å². The third-order valence-electron chi connectivity index (χ3n) is 4.12. The van der Waals surface area contributed by atoms with Gasteiger partial charge in [-0.1, -0.05) is 0 Å². The van der Waals surface area contributed by atoms with Crippen molar-refractivity contribution in [3.05, 3.63) is 47.3 Å². The first kappa shape index (κ1) is 15.4. The van der Waals surface area contributed by atoms with E-state index < -0.39 is 11.7 Å². The summed E-state index contributed by atoms with van der Waals surface area (Å²) in [7, 11) is 1.81. The number of benzene rings is 1. The Balaban J connectivity index is 1.99. The lowest BCUT2D eigenvalue weighted by molar-refractivity contribution is -0.137. The van der Waals surface area contributed by atoms with Gasteiger partial charge in [0, 0.05) is 31.0 Å². The lowest BCUT2D eigenvalue weighted by Crippen LogP contribution is -2.23. The summed E-state index contributed by atoms with van der Waals surface area (Å²) in [6.07, 6.45) is 0.868. The summed E-state index contributed by atoms with van der Waals surface area (Å²) in [4.78, 5) is 1.95. The number of halogens is 3. The smallest absolute Gasteiger partial charge is 0.364 e. The van der Waals surface area contributed by atoms with Crippen molar-refractivity contribution in [2.45, 2.75) is 25.1 Å². The SMILES string of the molecule is Cn1cc([C@@H]2CCCN2c2ccc(C#N)c(C(F)(F)F)c2)cn1. The average molecular weight is 320 g/mol. The Hall–Kier alpha value is -2.49. The van der Waals surface area contributed by atoms with Crippen LogP contribution in [0.4, 0.5) is 18.9 Å². The molecule has 0 bridgehead atoms. The molecule has 2 heterocycles. The third kappa shape index (κ3) is 2.89. The van der Waals surface area contributed by atoms with E-state index >= 15 is 0 Å². The lowest BCUT2D eigenvalue weighted by Gasteiger charge is -2.27. The summed E-state index contributed by atoms with van der Waals surface area (Å²) in [6, 6.07) is 5.54. The largest absolute Gasteiger partial charge is 0.417 e. The fourth-order valence-electron chi connectivity index (χ4n) is 3.08. The van der Waals surface area contributed by atoms with Crippen LogP contribution in [0.2, 0.25) is 0 Å².